The number of hydrogen-bond acceptors (Lipinski definition) is 3. The standard InChI is InChI=1S/C14H15NO3S/c1-12-7-9-14(10-8-12)19(17,18)15(16)11-13-5-3-2-4-6-13/h2-10,16H,11H2,1H3. The van der Waals surface area contributed by atoms with Crippen LogP contribution in [0.15, 0.2) is 59.5 Å². The highest BCUT2D eigenvalue weighted by Crippen LogP contribution is 2.16. The highest BCUT2D eigenvalue weighted by atomic mass is 32.2. The Morgan fingerprint density at radius 2 is 1.58 bits per heavy atom. The van der Waals surface area contributed by atoms with E-state index in [-0.39, 0.29) is 11.4 Å². The van der Waals surface area contributed by atoms with Crippen LogP contribution in [0.25, 0.3) is 0 Å². The van der Waals surface area contributed by atoms with Gasteiger partial charge in [-0.05, 0) is 24.6 Å². The third-order valence-corrected chi connectivity index (χ3v) is 4.31. The maximum atomic E-state index is 12.1. The van der Waals surface area contributed by atoms with Gasteiger partial charge in [0.05, 0.1) is 11.4 Å². The van der Waals surface area contributed by atoms with Gasteiger partial charge in [0.15, 0.2) is 0 Å². The molecule has 1 N–H and O–H groups in total. The molecule has 100 valence electrons. The van der Waals surface area contributed by atoms with Crippen molar-refractivity contribution in [3.63, 3.8) is 0 Å². The Balaban J connectivity index is 2.22. The molecule has 0 aliphatic heterocycles. The predicted molar refractivity (Wildman–Crippen MR) is 72.1 cm³/mol. The number of aryl methyl sites for hydroxylation is 1. The number of nitrogens with zero attached hydrogens (tertiary/aromatic N) is 1. The molecule has 2 aromatic carbocycles. The van der Waals surface area contributed by atoms with E-state index in [1.807, 2.05) is 13.0 Å². The zero-order valence-corrected chi connectivity index (χ0v) is 11.3. The minimum atomic E-state index is -3.87. The lowest BCUT2D eigenvalue weighted by atomic mass is 10.2. The van der Waals surface area contributed by atoms with Gasteiger partial charge in [-0.1, -0.05) is 52.5 Å². The number of benzene rings is 2. The summed E-state index contributed by atoms with van der Waals surface area (Å²) in [5.41, 5.74) is 1.69. The van der Waals surface area contributed by atoms with E-state index in [4.69, 9.17) is 0 Å². The molecule has 0 bridgehead atoms. The van der Waals surface area contributed by atoms with E-state index in [9.17, 15) is 13.6 Å². The molecule has 0 aromatic heterocycles. The van der Waals surface area contributed by atoms with Gasteiger partial charge in [-0.2, -0.15) is 0 Å². The van der Waals surface area contributed by atoms with Crippen molar-refractivity contribution in [2.75, 3.05) is 0 Å². The number of rotatable bonds is 4. The van der Waals surface area contributed by atoms with Crippen LogP contribution in [0.3, 0.4) is 0 Å². The summed E-state index contributed by atoms with van der Waals surface area (Å²) >= 11 is 0. The largest absolute Gasteiger partial charge is 0.299 e. The molecule has 0 fully saturated rings. The average Bonchev–Trinajstić information content (AvgIpc) is 2.40. The molecule has 0 saturated heterocycles. The van der Waals surface area contributed by atoms with Gasteiger partial charge in [-0.25, -0.2) is 8.42 Å². The summed E-state index contributed by atoms with van der Waals surface area (Å²) in [4.78, 5) is 0.0801. The Labute approximate surface area is 112 Å². The fourth-order valence-electron chi connectivity index (χ4n) is 1.66. The first-order chi connectivity index (χ1) is 9.00. The summed E-state index contributed by atoms with van der Waals surface area (Å²) in [6.07, 6.45) is 0. The fourth-order valence-corrected chi connectivity index (χ4v) is 2.70. The van der Waals surface area contributed by atoms with E-state index in [2.05, 4.69) is 0 Å². The minimum Gasteiger partial charge on any atom is -0.299 e. The topological polar surface area (TPSA) is 57.6 Å². The van der Waals surface area contributed by atoms with Crippen molar-refractivity contribution in [1.82, 2.24) is 4.47 Å². The smallest absolute Gasteiger partial charge is 0.265 e. The second-order valence-corrected chi connectivity index (χ2v) is 6.13. The summed E-state index contributed by atoms with van der Waals surface area (Å²) < 4.78 is 24.6. The molecule has 2 rings (SSSR count). The fraction of sp³-hybridized carbons (Fsp3) is 0.143. The summed E-state index contributed by atoms with van der Waals surface area (Å²) in [5, 5.41) is 9.80. The van der Waals surface area contributed by atoms with Crippen LogP contribution in [0, 0.1) is 6.92 Å². The van der Waals surface area contributed by atoms with E-state index >= 15 is 0 Å². The predicted octanol–water partition coefficient (Wildman–Crippen LogP) is 2.58. The van der Waals surface area contributed by atoms with Crippen LogP contribution in [-0.4, -0.2) is 18.1 Å². The molecule has 2 aromatic rings. The molecule has 4 nitrogen and oxygen atoms in total. The molecule has 0 amide bonds. The van der Waals surface area contributed by atoms with E-state index in [0.29, 0.717) is 4.47 Å². The summed E-state index contributed by atoms with van der Waals surface area (Å²) in [7, 11) is -3.87. The zero-order chi connectivity index (χ0) is 13.9. The van der Waals surface area contributed by atoms with Crippen molar-refractivity contribution in [2.45, 2.75) is 18.4 Å². The lowest BCUT2D eigenvalue weighted by Gasteiger charge is -2.15. The highest BCUT2D eigenvalue weighted by Gasteiger charge is 2.22. The number of hydrogen-bond donors (Lipinski definition) is 1. The van der Waals surface area contributed by atoms with Gasteiger partial charge >= 0.3 is 0 Å². The molecule has 0 unspecified atom stereocenters. The Morgan fingerprint density at radius 1 is 1.00 bits per heavy atom. The molecule has 0 aliphatic rings. The molecule has 0 radical (unpaired) electrons. The Kier molecular flexibility index (Phi) is 3.99. The molecule has 5 heteroatoms. The second-order valence-electron chi connectivity index (χ2n) is 4.28. The first-order valence-electron chi connectivity index (χ1n) is 5.82. The Morgan fingerprint density at radius 3 is 2.16 bits per heavy atom. The number of sulfonamides is 1. The maximum Gasteiger partial charge on any atom is 0.265 e. The van der Waals surface area contributed by atoms with Gasteiger partial charge in [-0.3, -0.25) is 5.21 Å². The second kappa shape index (κ2) is 5.52. The van der Waals surface area contributed by atoms with Crippen LogP contribution < -0.4 is 0 Å². The van der Waals surface area contributed by atoms with Crippen LogP contribution in [0.5, 0.6) is 0 Å². The maximum absolute atomic E-state index is 12.1. The molecule has 0 aliphatic carbocycles. The first-order valence-corrected chi connectivity index (χ1v) is 7.26. The lowest BCUT2D eigenvalue weighted by molar-refractivity contribution is -0.00474. The summed E-state index contributed by atoms with van der Waals surface area (Å²) in [6.45, 7) is 1.80. The third-order valence-electron chi connectivity index (χ3n) is 2.76. The van der Waals surface area contributed by atoms with Gasteiger partial charge in [0.25, 0.3) is 10.0 Å². The molecule has 0 heterocycles. The van der Waals surface area contributed by atoms with Crippen LogP contribution in [-0.2, 0) is 16.6 Å². The highest BCUT2D eigenvalue weighted by molar-refractivity contribution is 7.89. The molecule has 0 spiro atoms. The van der Waals surface area contributed by atoms with Gasteiger partial charge in [0.2, 0.25) is 0 Å². The molecule has 0 atom stereocenters. The minimum absolute atomic E-state index is 0.0724. The molecular formula is C14H15NO3S. The average molecular weight is 277 g/mol. The molecule has 0 saturated carbocycles. The monoisotopic (exact) mass is 277 g/mol. The van der Waals surface area contributed by atoms with Crippen molar-refractivity contribution in [2.24, 2.45) is 0 Å². The zero-order valence-electron chi connectivity index (χ0n) is 10.5. The normalized spacial score (nSPS) is 11.7. The van der Waals surface area contributed by atoms with E-state index in [1.165, 1.54) is 12.1 Å². The van der Waals surface area contributed by atoms with Crippen molar-refractivity contribution in [3.8, 4) is 0 Å². The van der Waals surface area contributed by atoms with Crippen molar-refractivity contribution < 1.29 is 13.6 Å². The van der Waals surface area contributed by atoms with Crippen molar-refractivity contribution >= 4 is 10.0 Å². The van der Waals surface area contributed by atoms with Crippen molar-refractivity contribution in [1.29, 1.82) is 0 Å². The first kappa shape index (κ1) is 13.7. The SMILES string of the molecule is Cc1ccc(S(=O)(=O)N(O)Cc2ccccc2)cc1. The van der Waals surface area contributed by atoms with Crippen LogP contribution in [0.4, 0.5) is 0 Å². The van der Waals surface area contributed by atoms with E-state index in [1.54, 1.807) is 36.4 Å². The van der Waals surface area contributed by atoms with Crippen LogP contribution in [0.1, 0.15) is 11.1 Å². The van der Waals surface area contributed by atoms with Gasteiger partial charge < -0.3 is 0 Å². The lowest BCUT2D eigenvalue weighted by Crippen LogP contribution is -2.27. The van der Waals surface area contributed by atoms with Gasteiger partial charge in [0, 0.05) is 0 Å². The van der Waals surface area contributed by atoms with Crippen LogP contribution in [0.2, 0.25) is 0 Å². The Hall–Kier alpha value is -1.69. The van der Waals surface area contributed by atoms with E-state index in [0.717, 1.165) is 11.1 Å². The third kappa shape index (κ3) is 3.20. The summed E-state index contributed by atoms with van der Waals surface area (Å²) in [5.74, 6) is 0. The van der Waals surface area contributed by atoms with Crippen molar-refractivity contribution in [3.05, 3.63) is 65.7 Å². The summed E-state index contributed by atoms with van der Waals surface area (Å²) in [6, 6.07) is 15.3. The van der Waals surface area contributed by atoms with Gasteiger partial charge in [0.1, 0.15) is 0 Å². The van der Waals surface area contributed by atoms with Gasteiger partial charge in [-0.15, -0.1) is 0 Å². The van der Waals surface area contributed by atoms with Crippen LogP contribution >= 0.6 is 0 Å². The number of hydroxylamine groups is 1. The Bertz CT molecular complexity index is 636. The molecule has 19 heavy (non-hydrogen) atoms. The van der Waals surface area contributed by atoms with E-state index < -0.39 is 10.0 Å². The molecular weight excluding hydrogens is 262 g/mol. The quantitative estimate of drug-likeness (QED) is 0.874.